The smallest absolute Gasteiger partial charge is 0.408 e. The van der Waals surface area contributed by atoms with Crippen molar-refractivity contribution < 1.29 is 18.7 Å². The summed E-state index contributed by atoms with van der Waals surface area (Å²) in [5.74, 6) is -0.102. The molecule has 1 fully saturated rings. The van der Waals surface area contributed by atoms with Gasteiger partial charge in [0.15, 0.2) is 4.67 Å². The molecule has 0 saturated carbocycles. The summed E-state index contributed by atoms with van der Waals surface area (Å²) in [5, 5.41) is 3.86. The van der Waals surface area contributed by atoms with E-state index in [1.54, 1.807) is 0 Å². The molecule has 0 spiro atoms. The maximum Gasteiger partial charge on any atom is 0.408 e. The van der Waals surface area contributed by atoms with Gasteiger partial charge in [-0.15, -0.1) is 0 Å². The summed E-state index contributed by atoms with van der Waals surface area (Å²) in [5.41, 5.74) is 1.30. The van der Waals surface area contributed by atoms with Gasteiger partial charge < -0.3 is 19.4 Å². The van der Waals surface area contributed by atoms with E-state index in [1.165, 1.54) is 0 Å². The highest BCUT2D eigenvalue weighted by Gasteiger charge is 2.36. The van der Waals surface area contributed by atoms with E-state index in [0.29, 0.717) is 13.0 Å². The van der Waals surface area contributed by atoms with Crippen molar-refractivity contribution in [3.8, 4) is 0 Å². The minimum Gasteiger partial charge on any atom is -0.449 e. The van der Waals surface area contributed by atoms with E-state index in [4.69, 9.17) is 9.15 Å². The Morgan fingerprint density at radius 3 is 2.67 bits per heavy atom. The van der Waals surface area contributed by atoms with Crippen LogP contribution < -0.4 is 5.32 Å². The monoisotopic (exact) mass is 478 g/mol. The van der Waals surface area contributed by atoms with Crippen molar-refractivity contribution >= 4 is 38.9 Å². The van der Waals surface area contributed by atoms with E-state index in [9.17, 15) is 9.59 Å². The standard InChI is InChI=1S/C23H31BrN2O4/c1-14(2)19(25-22(28)30-23(3,4)5)21(27)26-12-8-9-15(26)13-17-16-10-6-7-11-18(16)29-20(17)24/h6-7,10-11,14-15,19H,8-9,12-13H2,1-5H3,(H,25,28)/t15-,19-/m0/s1. The zero-order valence-corrected chi connectivity index (χ0v) is 19.9. The number of nitrogens with zero attached hydrogens (tertiary/aromatic N) is 1. The Bertz CT molecular complexity index is 916. The van der Waals surface area contributed by atoms with Gasteiger partial charge in [-0.2, -0.15) is 0 Å². The molecule has 0 radical (unpaired) electrons. The Morgan fingerprint density at radius 2 is 2.00 bits per heavy atom. The molecule has 1 aromatic carbocycles. The molecule has 0 bridgehead atoms. The van der Waals surface area contributed by atoms with Crippen molar-refractivity contribution in [3.63, 3.8) is 0 Å². The van der Waals surface area contributed by atoms with E-state index in [0.717, 1.165) is 34.0 Å². The highest BCUT2D eigenvalue weighted by Crippen LogP contribution is 2.33. The van der Waals surface area contributed by atoms with E-state index in [-0.39, 0.29) is 17.9 Å². The third-order valence-corrected chi connectivity index (χ3v) is 5.99. The number of hydrogen-bond acceptors (Lipinski definition) is 4. The van der Waals surface area contributed by atoms with Gasteiger partial charge in [0.1, 0.15) is 17.2 Å². The van der Waals surface area contributed by atoms with E-state index >= 15 is 0 Å². The summed E-state index contributed by atoms with van der Waals surface area (Å²) in [6.07, 6.45) is 2.02. The number of fused-ring (bicyclic) bond motifs is 1. The highest BCUT2D eigenvalue weighted by molar-refractivity contribution is 9.10. The van der Waals surface area contributed by atoms with Gasteiger partial charge in [-0.3, -0.25) is 4.79 Å². The molecule has 1 aliphatic rings. The van der Waals surface area contributed by atoms with E-state index in [1.807, 2.05) is 63.8 Å². The molecule has 1 aliphatic heterocycles. The number of carbonyl (C=O) groups excluding carboxylic acids is 2. The topological polar surface area (TPSA) is 71.8 Å². The molecule has 1 N–H and O–H groups in total. The molecule has 0 unspecified atom stereocenters. The molecule has 1 saturated heterocycles. The van der Waals surface area contributed by atoms with Crippen LogP contribution in [0.15, 0.2) is 33.4 Å². The van der Waals surface area contributed by atoms with Crippen molar-refractivity contribution in [2.24, 2.45) is 5.92 Å². The Labute approximate surface area is 186 Å². The first-order valence-corrected chi connectivity index (χ1v) is 11.3. The number of para-hydroxylation sites is 1. The molecule has 7 heteroatoms. The fraction of sp³-hybridized carbons (Fsp3) is 0.565. The van der Waals surface area contributed by atoms with Gasteiger partial charge in [0, 0.05) is 23.5 Å². The lowest BCUT2D eigenvalue weighted by Crippen LogP contribution is -2.53. The number of ether oxygens (including phenoxy) is 1. The predicted octanol–water partition coefficient (Wildman–Crippen LogP) is 5.28. The van der Waals surface area contributed by atoms with Crippen molar-refractivity contribution in [3.05, 3.63) is 34.5 Å². The Kier molecular flexibility index (Phi) is 6.80. The number of alkyl carbamates (subject to hydrolysis) is 1. The number of nitrogens with one attached hydrogen (secondary N) is 1. The lowest BCUT2D eigenvalue weighted by molar-refractivity contribution is -0.135. The number of furan rings is 1. The lowest BCUT2D eigenvalue weighted by Gasteiger charge is -2.31. The van der Waals surface area contributed by atoms with Crippen LogP contribution in [0.2, 0.25) is 0 Å². The average Bonchev–Trinajstić information content (AvgIpc) is 3.22. The maximum absolute atomic E-state index is 13.4. The molecule has 30 heavy (non-hydrogen) atoms. The van der Waals surface area contributed by atoms with Crippen LogP contribution in [0.25, 0.3) is 11.0 Å². The largest absolute Gasteiger partial charge is 0.449 e. The number of carbonyl (C=O) groups is 2. The summed E-state index contributed by atoms with van der Waals surface area (Å²) < 4.78 is 11.9. The van der Waals surface area contributed by atoms with Crippen LogP contribution in [0.4, 0.5) is 4.79 Å². The number of hydrogen-bond donors (Lipinski definition) is 1. The molecule has 1 aromatic heterocycles. The van der Waals surface area contributed by atoms with E-state index < -0.39 is 17.7 Å². The second-order valence-corrected chi connectivity index (χ2v) is 9.97. The zero-order valence-electron chi connectivity index (χ0n) is 18.3. The van der Waals surface area contributed by atoms with Gasteiger partial charge in [-0.1, -0.05) is 32.0 Å². The number of benzene rings is 1. The quantitative estimate of drug-likeness (QED) is 0.634. The van der Waals surface area contributed by atoms with Crippen molar-refractivity contribution in [2.75, 3.05) is 6.54 Å². The van der Waals surface area contributed by atoms with Crippen LogP contribution in [0, 0.1) is 5.92 Å². The summed E-state index contributed by atoms with van der Waals surface area (Å²) in [4.78, 5) is 27.6. The number of likely N-dealkylation sites (tertiary alicyclic amines) is 1. The molecule has 3 rings (SSSR count). The summed E-state index contributed by atoms with van der Waals surface area (Å²) in [7, 11) is 0. The van der Waals surface area contributed by atoms with Gasteiger partial charge >= 0.3 is 6.09 Å². The fourth-order valence-electron chi connectivity index (χ4n) is 3.96. The number of rotatable bonds is 5. The summed E-state index contributed by atoms with van der Waals surface area (Å²) in [6, 6.07) is 7.37. The molecule has 2 atom stereocenters. The van der Waals surface area contributed by atoms with Crippen LogP contribution in [-0.4, -0.2) is 41.1 Å². The maximum atomic E-state index is 13.4. The molecule has 2 heterocycles. The van der Waals surface area contributed by atoms with Crippen molar-refractivity contribution in [1.29, 1.82) is 0 Å². The third-order valence-electron chi connectivity index (χ3n) is 5.35. The van der Waals surface area contributed by atoms with Gasteiger partial charge in [0.2, 0.25) is 5.91 Å². The van der Waals surface area contributed by atoms with E-state index in [2.05, 4.69) is 21.2 Å². The normalized spacial score (nSPS) is 18.1. The zero-order chi connectivity index (χ0) is 22.1. The minimum atomic E-state index is -0.620. The van der Waals surface area contributed by atoms with Gasteiger partial charge in [0.25, 0.3) is 0 Å². The Balaban J connectivity index is 1.76. The fourth-order valence-corrected chi connectivity index (χ4v) is 4.51. The molecule has 0 aliphatic carbocycles. The number of amides is 2. The molecule has 6 nitrogen and oxygen atoms in total. The lowest BCUT2D eigenvalue weighted by atomic mass is 10.00. The molecule has 164 valence electrons. The molecular weight excluding hydrogens is 448 g/mol. The molecule has 2 amide bonds. The van der Waals surface area contributed by atoms with Gasteiger partial charge in [-0.05, 0) is 67.9 Å². The third kappa shape index (κ3) is 5.17. The average molecular weight is 479 g/mol. The summed E-state index contributed by atoms with van der Waals surface area (Å²) >= 11 is 3.54. The minimum absolute atomic E-state index is 0.0484. The van der Waals surface area contributed by atoms with Crippen LogP contribution >= 0.6 is 15.9 Å². The first-order chi connectivity index (χ1) is 14.1. The van der Waals surface area contributed by atoms with Gasteiger partial charge in [0.05, 0.1) is 0 Å². The Hall–Kier alpha value is -2.02. The van der Waals surface area contributed by atoms with Crippen LogP contribution in [0.3, 0.4) is 0 Å². The number of halogens is 1. The second kappa shape index (κ2) is 9.00. The van der Waals surface area contributed by atoms with Crippen molar-refractivity contribution in [2.45, 2.75) is 71.6 Å². The predicted molar refractivity (Wildman–Crippen MR) is 120 cm³/mol. The second-order valence-electron chi connectivity index (χ2n) is 9.25. The molecular formula is C23H31BrN2O4. The Morgan fingerprint density at radius 1 is 1.30 bits per heavy atom. The van der Waals surface area contributed by atoms with Crippen molar-refractivity contribution in [1.82, 2.24) is 10.2 Å². The highest BCUT2D eigenvalue weighted by atomic mass is 79.9. The summed E-state index contributed by atoms with van der Waals surface area (Å²) in [6.45, 7) is 9.99. The first-order valence-electron chi connectivity index (χ1n) is 10.5. The van der Waals surface area contributed by atoms with Gasteiger partial charge in [-0.25, -0.2) is 4.79 Å². The van der Waals surface area contributed by atoms with Crippen LogP contribution in [-0.2, 0) is 16.0 Å². The SMILES string of the molecule is CC(C)[C@H](NC(=O)OC(C)(C)C)C(=O)N1CCC[C@H]1Cc1c(Br)oc2ccccc12. The van der Waals surface area contributed by atoms with Crippen LogP contribution in [0.1, 0.15) is 53.0 Å². The first kappa shape index (κ1) is 22.7. The molecule has 2 aromatic rings. The van der Waals surface area contributed by atoms with Crippen LogP contribution in [0.5, 0.6) is 0 Å².